The molecule has 0 fully saturated rings. The van der Waals surface area contributed by atoms with Crippen molar-refractivity contribution in [1.29, 1.82) is 10.5 Å². The second-order valence-electron chi connectivity index (χ2n) is 13.9. The van der Waals surface area contributed by atoms with E-state index in [1.54, 1.807) is 0 Å². The summed E-state index contributed by atoms with van der Waals surface area (Å²) < 4.78 is 11.1. The normalized spacial score (nSPS) is 11.6. The molecule has 0 saturated heterocycles. The number of rotatable bonds is 4. The minimum Gasteiger partial charge on any atom is -0.455 e. The van der Waals surface area contributed by atoms with Crippen LogP contribution in [-0.2, 0) is 0 Å². The zero-order chi connectivity index (χ0) is 36.6. The van der Waals surface area contributed by atoms with Gasteiger partial charge in [-0.15, -0.1) is 0 Å². The molecule has 0 spiro atoms. The topological polar surface area (TPSA) is 70.6 Å². The number of furan rings is 1. The summed E-state index contributed by atoms with van der Waals surface area (Å²) in [5, 5.41) is 27.2. The molecule has 3 aromatic heterocycles. The Morgan fingerprint density at radius 1 is 0.382 bits per heavy atom. The van der Waals surface area contributed by atoms with E-state index in [-0.39, 0.29) is 0 Å². The van der Waals surface area contributed by atoms with Gasteiger partial charge in [-0.1, -0.05) is 109 Å². The van der Waals surface area contributed by atoms with Crippen molar-refractivity contribution in [1.82, 2.24) is 9.13 Å². The van der Waals surface area contributed by atoms with Crippen molar-refractivity contribution in [2.45, 2.75) is 0 Å². The molecular formula is C50H28N4O. The Bertz CT molecular complexity index is 3350. The van der Waals surface area contributed by atoms with E-state index in [4.69, 9.17) is 4.42 Å². The molecule has 0 saturated carbocycles. The highest BCUT2D eigenvalue weighted by Crippen LogP contribution is 2.44. The standard InChI is InChI=1S/C50H28N4O/c51-29-35-27-46(53-43-22-19-33(31-11-3-1-4-12-31)25-40(43)41-26-34(20-23-44(41)53)32-13-5-2-6-14-32)47(28-36(35)30-52)54-42-17-9-7-16-39(42)49-45(54)24-21-38-37-15-8-10-18-48(37)55-50(38)49/h1-28H. The molecule has 0 aliphatic carbocycles. The number of aromatic nitrogens is 2. The van der Waals surface area contributed by atoms with Crippen molar-refractivity contribution >= 4 is 65.6 Å². The molecule has 0 bridgehead atoms. The largest absolute Gasteiger partial charge is 0.455 e. The second-order valence-corrected chi connectivity index (χ2v) is 13.9. The van der Waals surface area contributed by atoms with Gasteiger partial charge in [-0.05, 0) is 82.9 Å². The first-order valence-electron chi connectivity index (χ1n) is 18.2. The molecule has 0 atom stereocenters. The molecule has 0 aliphatic rings. The van der Waals surface area contributed by atoms with E-state index >= 15 is 0 Å². The van der Waals surface area contributed by atoms with Gasteiger partial charge in [-0.2, -0.15) is 10.5 Å². The van der Waals surface area contributed by atoms with E-state index in [2.05, 4.69) is 143 Å². The lowest BCUT2D eigenvalue weighted by atomic mass is 10.0. The summed E-state index contributed by atoms with van der Waals surface area (Å²) in [6.07, 6.45) is 0. The van der Waals surface area contributed by atoms with Gasteiger partial charge in [-0.25, -0.2) is 0 Å². The van der Waals surface area contributed by atoms with Gasteiger partial charge in [-0.3, -0.25) is 0 Å². The Kier molecular flexibility index (Phi) is 6.61. The Labute approximate surface area is 315 Å². The van der Waals surface area contributed by atoms with E-state index in [9.17, 15) is 10.5 Å². The SMILES string of the molecule is N#Cc1cc(-n2c3ccc(-c4ccccc4)cc3c3cc(-c4ccccc4)ccc32)c(-n2c3ccccc3c3c4oc5ccccc5c4ccc32)cc1C#N. The molecule has 55 heavy (non-hydrogen) atoms. The Hall–Kier alpha value is -7.86. The van der Waals surface area contributed by atoms with E-state index in [0.717, 1.165) is 99.2 Å². The molecule has 5 nitrogen and oxygen atoms in total. The van der Waals surface area contributed by atoms with Gasteiger partial charge in [0.25, 0.3) is 0 Å². The lowest BCUT2D eigenvalue weighted by molar-refractivity contribution is 0.673. The lowest BCUT2D eigenvalue weighted by Gasteiger charge is -2.18. The summed E-state index contributed by atoms with van der Waals surface area (Å²) >= 11 is 0. The first kappa shape index (κ1) is 30.7. The van der Waals surface area contributed by atoms with Crippen molar-refractivity contribution < 1.29 is 4.42 Å². The van der Waals surface area contributed by atoms with Crippen LogP contribution in [0.2, 0.25) is 0 Å². The number of benzene rings is 8. The maximum atomic E-state index is 10.4. The summed E-state index contributed by atoms with van der Waals surface area (Å²) in [6, 6.07) is 63.2. The fraction of sp³-hybridized carbons (Fsp3) is 0. The minimum atomic E-state index is 0.315. The Morgan fingerprint density at radius 2 is 0.873 bits per heavy atom. The smallest absolute Gasteiger partial charge is 0.145 e. The number of para-hydroxylation sites is 2. The third kappa shape index (κ3) is 4.51. The monoisotopic (exact) mass is 700 g/mol. The Balaban J connectivity index is 1.27. The molecule has 0 N–H and O–H groups in total. The quantitative estimate of drug-likeness (QED) is 0.183. The second kappa shape index (κ2) is 11.8. The molecule has 11 rings (SSSR count). The molecule has 0 radical (unpaired) electrons. The molecule has 254 valence electrons. The number of nitrogens with zero attached hydrogens (tertiary/aromatic N) is 4. The van der Waals surface area contributed by atoms with Gasteiger partial charge in [0.05, 0.1) is 50.0 Å². The van der Waals surface area contributed by atoms with Gasteiger partial charge in [0.2, 0.25) is 0 Å². The first-order valence-corrected chi connectivity index (χ1v) is 18.2. The highest BCUT2D eigenvalue weighted by molar-refractivity contribution is 6.24. The summed E-state index contributed by atoms with van der Waals surface area (Å²) in [4.78, 5) is 0. The van der Waals surface area contributed by atoms with Crippen LogP contribution in [0.4, 0.5) is 0 Å². The third-order valence-corrected chi connectivity index (χ3v) is 11.0. The summed E-state index contributed by atoms with van der Waals surface area (Å²) in [5.74, 6) is 0. The van der Waals surface area contributed by atoms with Crippen LogP contribution in [0.5, 0.6) is 0 Å². The lowest BCUT2D eigenvalue weighted by Crippen LogP contribution is -2.05. The van der Waals surface area contributed by atoms with Gasteiger partial charge in [0.1, 0.15) is 23.3 Å². The van der Waals surface area contributed by atoms with E-state index < -0.39 is 0 Å². The molecule has 0 unspecified atom stereocenters. The Morgan fingerprint density at radius 3 is 1.47 bits per heavy atom. The number of nitriles is 2. The van der Waals surface area contributed by atoms with Crippen molar-refractivity contribution in [2.24, 2.45) is 0 Å². The minimum absolute atomic E-state index is 0.315. The highest BCUT2D eigenvalue weighted by atomic mass is 16.3. The van der Waals surface area contributed by atoms with Crippen LogP contribution in [0.25, 0.3) is 99.2 Å². The van der Waals surface area contributed by atoms with Gasteiger partial charge in [0, 0.05) is 26.9 Å². The molecular weight excluding hydrogens is 673 g/mol. The average Bonchev–Trinajstić information content (AvgIpc) is 3.91. The zero-order valence-corrected chi connectivity index (χ0v) is 29.4. The van der Waals surface area contributed by atoms with Crippen LogP contribution in [-0.4, -0.2) is 9.13 Å². The maximum absolute atomic E-state index is 10.4. The van der Waals surface area contributed by atoms with E-state index in [1.807, 2.05) is 48.5 Å². The fourth-order valence-corrected chi connectivity index (χ4v) is 8.52. The van der Waals surface area contributed by atoms with Crippen molar-refractivity contribution in [3.8, 4) is 45.8 Å². The van der Waals surface area contributed by atoms with E-state index in [0.29, 0.717) is 11.1 Å². The van der Waals surface area contributed by atoms with Crippen LogP contribution in [0, 0.1) is 22.7 Å². The molecule has 0 aliphatic heterocycles. The number of hydrogen-bond donors (Lipinski definition) is 0. The molecule has 5 heteroatoms. The van der Waals surface area contributed by atoms with Crippen LogP contribution >= 0.6 is 0 Å². The molecule has 0 amide bonds. The van der Waals surface area contributed by atoms with Crippen LogP contribution in [0.15, 0.2) is 174 Å². The van der Waals surface area contributed by atoms with Crippen molar-refractivity contribution in [3.63, 3.8) is 0 Å². The number of fused-ring (bicyclic) bond motifs is 10. The summed E-state index contributed by atoms with van der Waals surface area (Å²) in [6.45, 7) is 0. The van der Waals surface area contributed by atoms with Crippen molar-refractivity contribution in [3.05, 3.63) is 181 Å². The predicted octanol–water partition coefficient (Wildman–Crippen LogP) is 12.9. The molecule has 11 aromatic rings. The van der Waals surface area contributed by atoms with Crippen molar-refractivity contribution in [2.75, 3.05) is 0 Å². The van der Waals surface area contributed by atoms with Gasteiger partial charge < -0.3 is 13.6 Å². The molecule has 8 aromatic carbocycles. The summed E-state index contributed by atoms with van der Waals surface area (Å²) in [5.41, 5.74) is 12.3. The first-order chi connectivity index (χ1) is 27.2. The molecule has 3 heterocycles. The van der Waals surface area contributed by atoms with Crippen LogP contribution < -0.4 is 0 Å². The number of hydrogen-bond acceptors (Lipinski definition) is 3. The maximum Gasteiger partial charge on any atom is 0.145 e. The third-order valence-electron chi connectivity index (χ3n) is 11.0. The summed E-state index contributed by atoms with van der Waals surface area (Å²) in [7, 11) is 0. The fourth-order valence-electron chi connectivity index (χ4n) is 8.52. The zero-order valence-electron chi connectivity index (χ0n) is 29.4. The van der Waals surface area contributed by atoms with Gasteiger partial charge >= 0.3 is 0 Å². The van der Waals surface area contributed by atoms with Crippen LogP contribution in [0.1, 0.15) is 11.1 Å². The predicted molar refractivity (Wildman–Crippen MR) is 223 cm³/mol. The highest BCUT2D eigenvalue weighted by Gasteiger charge is 2.24. The van der Waals surface area contributed by atoms with Crippen LogP contribution in [0.3, 0.4) is 0 Å². The average molecular weight is 701 g/mol. The van der Waals surface area contributed by atoms with E-state index in [1.165, 1.54) is 0 Å². The van der Waals surface area contributed by atoms with Gasteiger partial charge in [0.15, 0.2) is 0 Å².